The molecule has 128 valence electrons. The number of hydrogen-bond donors (Lipinski definition) is 1. The highest BCUT2D eigenvalue weighted by Crippen LogP contribution is 2.25. The van der Waals surface area contributed by atoms with Gasteiger partial charge in [0.05, 0.1) is 12.0 Å². The van der Waals surface area contributed by atoms with Crippen LogP contribution in [0.25, 0.3) is 0 Å². The fraction of sp³-hybridized carbons (Fsp3) is 0.316. The van der Waals surface area contributed by atoms with Crippen LogP contribution in [0.4, 0.5) is 8.78 Å². The molecule has 0 bridgehead atoms. The first kappa shape index (κ1) is 17.9. The fourth-order valence-electron chi connectivity index (χ4n) is 2.56. The van der Waals surface area contributed by atoms with E-state index in [0.717, 1.165) is 5.56 Å². The Morgan fingerprint density at radius 3 is 2.38 bits per heavy atom. The molecule has 0 heterocycles. The van der Waals surface area contributed by atoms with Crippen LogP contribution in [0, 0.1) is 0 Å². The molecular formula is C19H21F2NO2. The molecule has 0 aromatic heterocycles. The van der Waals surface area contributed by atoms with Crippen LogP contribution in [0.3, 0.4) is 0 Å². The van der Waals surface area contributed by atoms with E-state index in [9.17, 15) is 13.6 Å². The number of hydrogen-bond acceptors (Lipinski definition) is 2. The lowest BCUT2D eigenvalue weighted by atomic mass is 9.89. The number of benzene rings is 2. The largest absolute Gasteiger partial charge is 0.435 e. The van der Waals surface area contributed by atoms with Crippen molar-refractivity contribution in [3.63, 3.8) is 0 Å². The summed E-state index contributed by atoms with van der Waals surface area (Å²) in [7, 11) is 0. The summed E-state index contributed by atoms with van der Waals surface area (Å²) in [5.41, 5.74) is 0.913. The van der Waals surface area contributed by atoms with Crippen molar-refractivity contribution < 1.29 is 18.3 Å². The van der Waals surface area contributed by atoms with E-state index in [0.29, 0.717) is 12.0 Å². The second-order valence-corrected chi connectivity index (χ2v) is 5.76. The van der Waals surface area contributed by atoms with Gasteiger partial charge in [-0.15, -0.1) is 0 Å². The van der Waals surface area contributed by atoms with Crippen LogP contribution in [0.15, 0.2) is 54.6 Å². The van der Waals surface area contributed by atoms with Crippen molar-refractivity contribution in [3.05, 3.63) is 65.7 Å². The molecule has 0 aliphatic carbocycles. The summed E-state index contributed by atoms with van der Waals surface area (Å²) in [5.74, 6) is -0.214. The molecule has 0 spiro atoms. The maximum atomic E-state index is 12.5. The summed E-state index contributed by atoms with van der Waals surface area (Å²) in [6, 6.07) is 16.0. The number of carbonyl (C=O) groups excluding carboxylic acids is 1. The predicted molar refractivity (Wildman–Crippen MR) is 89.0 cm³/mol. The third-order valence-electron chi connectivity index (χ3n) is 4.07. The molecule has 3 nitrogen and oxygen atoms in total. The number of rotatable bonds is 7. The molecule has 0 radical (unpaired) electrons. The molecule has 1 amide bonds. The van der Waals surface area contributed by atoms with Crippen molar-refractivity contribution in [3.8, 4) is 5.75 Å². The number of ether oxygens (including phenoxy) is 1. The Balaban J connectivity index is 2.13. The molecule has 24 heavy (non-hydrogen) atoms. The smallest absolute Gasteiger partial charge is 0.387 e. The average Bonchev–Trinajstić information content (AvgIpc) is 2.57. The van der Waals surface area contributed by atoms with Crippen LogP contribution < -0.4 is 10.1 Å². The maximum Gasteiger partial charge on any atom is 0.387 e. The Kier molecular flexibility index (Phi) is 5.90. The fourth-order valence-corrected chi connectivity index (χ4v) is 2.56. The van der Waals surface area contributed by atoms with Crippen molar-refractivity contribution in [1.29, 1.82) is 0 Å². The maximum absolute atomic E-state index is 12.5. The van der Waals surface area contributed by atoms with Gasteiger partial charge in [0.1, 0.15) is 5.75 Å². The molecule has 0 saturated carbocycles. The highest BCUT2D eigenvalue weighted by molar-refractivity contribution is 5.80. The van der Waals surface area contributed by atoms with Gasteiger partial charge in [-0.2, -0.15) is 8.78 Å². The van der Waals surface area contributed by atoms with E-state index >= 15 is 0 Å². The van der Waals surface area contributed by atoms with Gasteiger partial charge in [0.25, 0.3) is 0 Å². The molecule has 0 aliphatic heterocycles. The van der Waals surface area contributed by atoms with Crippen LogP contribution in [0.2, 0.25) is 0 Å². The zero-order chi connectivity index (χ0) is 17.6. The van der Waals surface area contributed by atoms with Gasteiger partial charge >= 0.3 is 6.61 Å². The number of nitrogens with one attached hydrogen (secondary N) is 1. The standard InChI is InChI=1S/C19H21F2NO2/c1-3-19(2,15-10-5-4-6-11-15)22-17(23)13-14-9-7-8-12-16(14)24-18(20)21/h4-12,18H,3,13H2,1-2H3,(H,22,23). The molecule has 2 aromatic rings. The summed E-state index contributed by atoms with van der Waals surface area (Å²) in [6.07, 6.45) is 0.684. The lowest BCUT2D eigenvalue weighted by molar-refractivity contribution is -0.122. The first-order valence-electron chi connectivity index (χ1n) is 7.84. The predicted octanol–water partition coefficient (Wildman–Crippen LogP) is 4.27. The Morgan fingerprint density at radius 2 is 1.75 bits per heavy atom. The van der Waals surface area contributed by atoms with Gasteiger partial charge in [-0.3, -0.25) is 4.79 Å². The number of para-hydroxylation sites is 1. The van der Waals surface area contributed by atoms with Crippen LogP contribution in [0.1, 0.15) is 31.4 Å². The summed E-state index contributed by atoms with van der Waals surface area (Å²) in [6.45, 7) is 1.02. The minimum Gasteiger partial charge on any atom is -0.435 e. The molecule has 1 unspecified atom stereocenters. The lowest BCUT2D eigenvalue weighted by Crippen LogP contribution is -2.43. The topological polar surface area (TPSA) is 38.3 Å². The SMILES string of the molecule is CCC(C)(NC(=O)Cc1ccccc1OC(F)F)c1ccccc1. The molecule has 0 aliphatic rings. The third kappa shape index (κ3) is 4.54. The van der Waals surface area contributed by atoms with Crippen molar-refractivity contribution in [2.24, 2.45) is 0 Å². The number of carbonyl (C=O) groups is 1. The summed E-state index contributed by atoms with van der Waals surface area (Å²) in [5, 5.41) is 3.01. The van der Waals surface area contributed by atoms with E-state index in [-0.39, 0.29) is 18.1 Å². The third-order valence-corrected chi connectivity index (χ3v) is 4.07. The van der Waals surface area contributed by atoms with Crippen molar-refractivity contribution in [2.45, 2.75) is 38.8 Å². The molecule has 1 atom stereocenters. The Morgan fingerprint density at radius 1 is 1.12 bits per heavy atom. The van der Waals surface area contributed by atoms with Gasteiger partial charge < -0.3 is 10.1 Å². The van der Waals surface area contributed by atoms with E-state index in [4.69, 9.17) is 0 Å². The molecule has 1 N–H and O–H groups in total. The number of halogens is 2. The van der Waals surface area contributed by atoms with E-state index in [1.165, 1.54) is 6.07 Å². The van der Waals surface area contributed by atoms with E-state index in [1.807, 2.05) is 44.2 Å². The second-order valence-electron chi connectivity index (χ2n) is 5.76. The van der Waals surface area contributed by atoms with Gasteiger partial charge in [-0.1, -0.05) is 55.5 Å². The number of amides is 1. The first-order valence-corrected chi connectivity index (χ1v) is 7.84. The van der Waals surface area contributed by atoms with Gasteiger partial charge in [0, 0.05) is 5.56 Å². The first-order chi connectivity index (χ1) is 11.4. The molecule has 0 saturated heterocycles. The highest BCUT2D eigenvalue weighted by Gasteiger charge is 2.26. The molecule has 2 rings (SSSR count). The summed E-state index contributed by atoms with van der Waals surface area (Å²) >= 11 is 0. The zero-order valence-corrected chi connectivity index (χ0v) is 13.8. The molecular weight excluding hydrogens is 312 g/mol. The van der Waals surface area contributed by atoms with Crippen molar-refractivity contribution >= 4 is 5.91 Å². The molecule has 2 aromatic carbocycles. The zero-order valence-electron chi connectivity index (χ0n) is 13.8. The molecule has 5 heteroatoms. The van der Waals surface area contributed by atoms with Crippen LogP contribution >= 0.6 is 0 Å². The minimum atomic E-state index is -2.92. The van der Waals surface area contributed by atoms with Crippen molar-refractivity contribution in [1.82, 2.24) is 5.32 Å². The lowest BCUT2D eigenvalue weighted by Gasteiger charge is -2.30. The summed E-state index contributed by atoms with van der Waals surface area (Å²) in [4.78, 5) is 12.4. The Hall–Kier alpha value is -2.43. The van der Waals surface area contributed by atoms with Gasteiger partial charge in [0.15, 0.2) is 0 Å². The minimum absolute atomic E-state index is 0.0225. The normalized spacial score (nSPS) is 13.4. The summed E-state index contributed by atoms with van der Waals surface area (Å²) < 4.78 is 29.4. The average molecular weight is 333 g/mol. The van der Waals surface area contributed by atoms with Crippen LogP contribution in [-0.2, 0) is 16.8 Å². The monoisotopic (exact) mass is 333 g/mol. The Bertz CT molecular complexity index is 676. The highest BCUT2D eigenvalue weighted by atomic mass is 19.3. The van der Waals surface area contributed by atoms with Crippen LogP contribution in [-0.4, -0.2) is 12.5 Å². The van der Waals surface area contributed by atoms with Gasteiger partial charge in [-0.25, -0.2) is 0 Å². The van der Waals surface area contributed by atoms with Crippen molar-refractivity contribution in [2.75, 3.05) is 0 Å². The second kappa shape index (κ2) is 7.90. The number of alkyl halides is 2. The Labute approximate surface area is 140 Å². The van der Waals surface area contributed by atoms with E-state index in [1.54, 1.807) is 18.2 Å². The quantitative estimate of drug-likeness (QED) is 0.822. The van der Waals surface area contributed by atoms with E-state index in [2.05, 4.69) is 10.1 Å². The van der Waals surface area contributed by atoms with Gasteiger partial charge in [0.2, 0.25) is 5.91 Å². The van der Waals surface area contributed by atoms with Crippen LogP contribution in [0.5, 0.6) is 5.75 Å². The molecule has 0 fully saturated rings. The van der Waals surface area contributed by atoms with Gasteiger partial charge in [-0.05, 0) is 25.0 Å². The van der Waals surface area contributed by atoms with E-state index < -0.39 is 12.2 Å².